The molecule has 0 saturated carbocycles. The van der Waals surface area contributed by atoms with Gasteiger partial charge in [-0.05, 0) is 51.1 Å². The minimum absolute atomic E-state index is 0.497. The summed E-state index contributed by atoms with van der Waals surface area (Å²) >= 11 is 0. The molecule has 252 valence electrons. The molecule has 0 aliphatic heterocycles. The van der Waals surface area contributed by atoms with Crippen LogP contribution in [0, 0.1) is 0 Å². The summed E-state index contributed by atoms with van der Waals surface area (Å²) in [4.78, 5) is 10.7. The van der Waals surface area contributed by atoms with E-state index in [-0.39, 0.29) is 0 Å². The summed E-state index contributed by atoms with van der Waals surface area (Å²) in [6.45, 7) is 0. The van der Waals surface area contributed by atoms with E-state index in [4.69, 9.17) is 14.4 Å². The van der Waals surface area contributed by atoms with Crippen LogP contribution in [0.5, 0.6) is 0 Å². The van der Waals surface area contributed by atoms with Gasteiger partial charge in [0.15, 0.2) is 5.82 Å². The second kappa shape index (κ2) is 12.0. The molecule has 0 unspecified atom stereocenters. The van der Waals surface area contributed by atoms with Crippen molar-refractivity contribution in [1.29, 1.82) is 0 Å². The van der Waals surface area contributed by atoms with Crippen LogP contribution in [-0.4, -0.2) is 9.97 Å². The number of fused-ring (bicyclic) bond motifs is 7. The molecule has 1 aliphatic carbocycles. The zero-order valence-corrected chi connectivity index (χ0v) is 29.3. The number of aromatic nitrogens is 2. The summed E-state index contributed by atoms with van der Waals surface area (Å²) in [5, 5.41) is 3.27. The van der Waals surface area contributed by atoms with Crippen LogP contribution >= 0.6 is 0 Å². The van der Waals surface area contributed by atoms with Gasteiger partial charge < -0.3 is 4.42 Å². The largest absolute Gasteiger partial charge is 0.455 e. The lowest BCUT2D eigenvalue weighted by atomic mass is 9.67. The van der Waals surface area contributed by atoms with E-state index in [9.17, 15) is 0 Å². The Labute approximate surface area is 312 Å². The molecule has 0 bridgehead atoms. The highest BCUT2D eigenvalue weighted by molar-refractivity contribution is 6.09. The fourth-order valence-corrected chi connectivity index (χ4v) is 8.88. The lowest BCUT2D eigenvalue weighted by Crippen LogP contribution is -2.28. The molecule has 0 spiro atoms. The normalized spacial score (nSPS) is 13.0. The Hall–Kier alpha value is -7.10. The van der Waals surface area contributed by atoms with Gasteiger partial charge in [-0.25, -0.2) is 9.97 Å². The van der Waals surface area contributed by atoms with Gasteiger partial charge in [0.1, 0.15) is 11.2 Å². The van der Waals surface area contributed by atoms with E-state index < -0.39 is 5.41 Å². The number of benzene rings is 8. The lowest BCUT2D eigenvalue weighted by Gasteiger charge is -2.33. The molecular formula is C51H32N2O. The van der Waals surface area contributed by atoms with Crippen molar-refractivity contribution in [2.24, 2.45) is 0 Å². The van der Waals surface area contributed by atoms with E-state index in [2.05, 4.69) is 182 Å². The zero-order valence-electron chi connectivity index (χ0n) is 29.3. The maximum atomic E-state index is 6.39. The van der Waals surface area contributed by atoms with Crippen molar-refractivity contribution >= 4 is 32.8 Å². The highest BCUT2D eigenvalue weighted by atomic mass is 16.3. The molecule has 10 aromatic rings. The smallest absolute Gasteiger partial charge is 0.161 e. The molecule has 2 heterocycles. The van der Waals surface area contributed by atoms with Crippen LogP contribution < -0.4 is 0 Å². The van der Waals surface area contributed by atoms with Crippen molar-refractivity contribution < 1.29 is 4.42 Å². The summed E-state index contributed by atoms with van der Waals surface area (Å²) in [7, 11) is 0. The van der Waals surface area contributed by atoms with Crippen LogP contribution in [0.15, 0.2) is 199 Å². The van der Waals surface area contributed by atoms with Gasteiger partial charge in [0.05, 0.1) is 16.6 Å². The van der Waals surface area contributed by atoms with Crippen molar-refractivity contribution in [3.63, 3.8) is 0 Å². The topological polar surface area (TPSA) is 38.9 Å². The molecule has 0 saturated heterocycles. The van der Waals surface area contributed by atoms with E-state index >= 15 is 0 Å². The van der Waals surface area contributed by atoms with E-state index in [0.717, 1.165) is 60.8 Å². The SMILES string of the molecule is c1ccc(C2(c3ccccc3)c3ccccc3-c3c(-c4nc(-c5ccc(-c6cccc7c6oc6ccccc67)cc5)c5ccccc5n4)cccc32)cc1. The molecule has 11 rings (SSSR count). The molecule has 3 heteroatoms. The van der Waals surface area contributed by atoms with Gasteiger partial charge in [-0.2, -0.15) is 0 Å². The van der Waals surface area contributed by atoms with Crippen LogP contribution in [0.3, 0.4) is 0 Å². The van der Waals surface area contributed by atoms with Gasteiger partial charge in [-0.15, -0.1) is 0 Å². The summed E-state index contributed by atoms with van der Waals surface area (Å²) in [6.07, 6.45) is 0. The number of nitrogens with zero attached hydrogens (tertiary/aromatic N) is 2. The first-order valence-corrected chi connectivity index (χ1v) is 18.4. The number of furan rings is 1. The van der Waals surface area contributed by atoms with E-state index in [1.165, 1.54) is 33.4 Å². The third kappa shape index (κ3) is 4.42. The van der Waals surface area contributed by atoms with Crippen LogP contribution in [0.1, 0.15) is 22.3 Å². The van der Waals surface area contributed by atoms with Gasteiger partial charge in [-0.1, -0.05) is 182 Å². The molecule has 2 aromatic heterocycles. The highest BCUT2D eigenvalue weighted by Gasteiger charge is 2.47. The first-order valence-electron chi connectivity index (χ1n) is 18.4. The second-order valence-electron chi connectivity index (χ2n) is 14.0. The van der Waals surface area contributed by atoms with Crippen LogP contribution in [0.2, 0.25) is 0 Å². The molecule has 3 nitrogen and oxygen atoms in total. The van der Waals surface area contributed by atoms with Crippen LogP contribution in [0.4, 0.5) is 0 Å². The van der Waals surface area contributed by atoms with Gasteiger partial charge in [0, 0.05) is 32.8 Å². The second-order valence-corrected chi connectivity index (χ2v) is 14.0. The van der Waals surface area contributed by atoms with Gasteiger partial charge in [0.25, 0.3) is 0 Å². The number of hydrogen-bond donors (Lipinski definition) is 0. The summed E-state index contributed by atoms with van der Waals surface area (Å²) in [5.74, 6) is 0.711. The van der Waals surface area contributed by atoms with Crippen molar-refractivity contribution in [1.82, 2.24) is 9.97 Å². The van der Waals surface area contributed by atoms with Gasteiger partial charge in [-0.3, -0.25) is 0 Å². The Morgan fingerprint density at radius 1 is 0.389 bits per heavy atom. The molecule has 0 atom stereocenters. The predicted molar refractivity (Wildman–Crippen MR) is 220 cm³/mol. The fraction of sp³-hybridized carbons (Fsp3) is 0.0196. The third-order valence-corrected chi connectivity index (χ3v) is 11.2. The molecule has 1 aliphatic rings. The van der Waals surface area contributed by atoms with Crippen molar-refractivity contribution in [2.75, 3.05) is 0 Å². The Morgan fingerprint density at radius 3 is 1.76 bits per heavy atom. The molecule has 0 fully saturated rings. The Balaban J connectivity index is 1.10. The standard InChI is InChI=1S/C51H32N2O/c1-3-15-35(16-4-1)51(36-17-5-2-6-18-36)43-25-10-7-20-40(43)47-42(24-14-26-44(47)51)50-52-45-27-11-8-21-41(45)48(53-50)34-31-29-33(30-32-34)37-22-13-23-39-38-19-9-12-28-46(38)54-49(37)39/h1-32H. The van der Waals surface area contributed by atoms with E-state index in [1.54, 1.807) is 0 Å². The maximum Gasteiger partial charge on any atom is 0.161 e. The van der Waals surface area contributed by atoms with Gasteiger partial charge >= 0.3 is 0 Å². The monoisotopic (exact) mass is 688 g/mol. The first kappa shape index (κ1) is 30.5. The van der Waals surface area contributed by atoms with Crippen LogP contribution in [0.25, 0.3) is 77.7 Å². The molecule has 0 amide bonds. The predicted octanol–water partition coefficient (Wildman–Crippen LogP) is 12.9. The van der Waals surface area contributed by atoms with Crippen LogP contribution in [-0.2, 0) is 5.41 Å². The molecule has 54 heavy (non-hydrogen) atoms. The summed E-state index contributed by atoms with van der Waals surface area (Å²) < 4.78 is 6.39. The molecule has 0 N–H and O–H groups in total. The zero-order chi connectivity index (χ0) is 35.6. The first-order chi connectivity index (χ1) is 26.8. The van der Waals surface area contributed by atoms with E-state index in [0.29, 0.717) is 5.82 Å². The molecule has 0 radical (unpaired) electrons. The van der Waals surface area contributed by atoms with Gasteiger partial charge in [0.2, 0.25) is 0 Å². The Morgan fingerprint density at radius 2 is 0.963 bits per heavy atom. The van der Waals surface area contributed by atoms with E-state index in [1.807, 2.05) is 12.1 Å². The van der Waals surface area contributed by atoms with Crippen molar-refractivity contribution in [3.05, 3.63) is 216 Å². The number of hydrogen-bond acceptors (Lipinski definition) is 3. The minimum atomic E-state index is -0.497. The molecule has 8 aromatic carbocycles. The van der Waals surface area contributed by atoms with Crippen molar-refractivity contribution in [3.8, 4) is 44.9 Å². The minimum Gasteiger partial charge on any atom is -0.455 e. The summed E-state index contributed by atoms with van der Waals surface area (Å²) in [6, 6.07) is 69.0. The average Bonchev–Trinajstić information content (AvgIpc) is 3.78. The van der Waals surface area contributed by atoms with Crippen molar-refractivity contribution in [2.45, 2.75) is 5.41 Å². The average molecular weight is 689 g/mol. The summed E-state index contributed by atoms with van der Waals surface area (Å²) in [5.41, 5.74) is 14.7. The quantitative estimate of drug-likeness (QED) is 0.181. The fourth-order valence-electron chi connectivity index (χ4n) is 8.88. The lowest BCUT2D eigenvalue weighted by molar-refractivity contribution is 0.670. The third-order valence-electron chi connectivity index (χ3n) is 11.2. The number of para-hydroxylation sites is 3. The number of rotatable bonds is 5. The Kier molecular flexibility index (Phi) is 6.77. The molecular weight excluding hydrogens is 657 g/mol. The maximum absolute atomic E-state index is 6.39. The Bertz CT molecular complexity index is 3000. The highest BCUT2D eigenvalue weighted by Crippen LogP contribution is 2.58.